The molecule has 0 aromatic heterocycles. The third kappa shape index (κ3) is 3.97. The SMILES string of the molecule is CCCC(CN)(CCC)C(=O)Nc1cc(F)c(F)c(F)c1. The van der Waals surface area contributed by atoms with Crippen LogP contribution in [-0.4, -0.2) is 12.5 Å². The van der Waals surface area contributed by atoms with Gasteiger partial charge in [0.1, 0.15) is 0 Å². The van der Waals surface area contributed by atoms with Crippen LogP contribution in [0.1, 0.15) is 39.5 Å². The van der Waals surface area contributed by atoms with Gasteiger partial charge in [0.25, 0.3) is 0 Å². The molecule has 3 N–H and O–H groups in total. The Morgan fingerprint density at radius 1 is 1.14 bits per heavy atom. The van der Waals surface area contributed by atoms with Crippen molar-refractivity contribution in [1.82, 2.24) is 0 Å². The first-order valence-corrected chi connectivity index (χ1v) is 7.06. The lowest BCUT2D eigenvalue weighted by molar-refractivity contribution is -0.126. The summed E-state index contributed by atoms with van der Waals surface area (Å²) in [5.41, 5.74) is 4.87. The summed E-state index contributed by atoms with van der Waals surface area (Å²) in [6, 6.07) is 1.52. The fraction of sp³-hybridized carbons (Fsp3) is 0.533. The molecule has 0 bridgehead atoms. The minimum absolute atomic E-state index is 0.110. The quantitative estimate of drug-likeness (QED) is 0.756. The number of carbonyl (C=O) groups excluding carboxylic acids is 1. The van der Waals surface area contributed by atoms with Gasteiger partial charge in [-0.1, -0.05) is 26.7 Å². The van der Waals surface area contributed by atoms with Crippen molar-refractivity contribution in [3.63, 3.8) is 0 Å². The molecule has 0 unspecified atom stereocenters. The largest absolute Gasteiger partial charge is 0.329 e. The summed E-state index contributed by atoms with van der Waals surface area (Å²) in [6.45, 7) is 4.02. The third-order valence-electron chi connectivity index (χ3n) is 3.57. The number of halogens is 3. The number of carbonyl (C=O) groups is 1. The van der Waals surface area contributed by atoms with Crippen LogP contribution in [-0.2, 0) is 4.79 Å². The number of hydrogen-bond acceptors (Lipinski definition) is 2. The summed E-state index contributed by atoms with van der Waals surface area (Å²) >= 11 is 0. The van der Waals surface area contributed by atoms with Gasteiger partial charge in [-0.05, 0) is 12.8 Å². The number of benzene rings is 1. The van der Waals surface area contributed by atoms with Gasteiger partial charge in [0.2, 0.25) is 5.91 Å². The van der Waals surface area contributed by atoms with Gasteiger partial charge < -0.3 is 11.1 Å². The van der Waals surface area contributed by atoms with Gasteiger partial charge in [-0.3, -0.25) is 4.79 Å². The van der Waals surface area contributed by atoms with Crippen molar-refractivity contribution < 1.29 is 18.0 Å². The highest BCUT2D eigenvalue weighted by atomic mass is 19.2. The van der Waals surface area contributed by atoms with E-state index in [1.54, 1.807) is 0 Å². The van der Waals surface area contributed by atoms with E-state index in [-0.39, 0.29) is 18.1 Å². The van der Waals surface area contributed by atoms with Gasteiger partial charge in [0.05, 0.1) is 5.41 Å². The van der Waals surface area contributed by atoms with E-state index in [4.69, 9.17) is 5.73 Å². The van der Waals surface area contributed by atoms with E-state index in [1.165, 1.54) is 0 Å². The molecule has 0 aliphatic rings. The Morgan fingerprint density at radius 3 is 2.00 bits per heavy atom. The van der Waals surface area contributed by atoms with Gasteiger partial charge in [0.15, 0.2) is 17.5 Å². The third-order valence-corrected chi connectivity index (χ3v) is 3.57. The molecule has 1 aromatic rings. The average Bonchev–Trinajstić information content (AvgIpc) is 2.44. The Balaban J connectivity index is 3.01. The van der Waals surface area contributed by atoms with E-state index < -0.39 is 22.9 Å². The van der Waals surface area contributed by atoms with E-state index in [2.05, 4.69) is 5.32 Å². The molecule has 6 heteroatoms. The summed E-state index contributed by atoms with van der Waals surface area (Å²) < 4.78 is 39.3. The number of anilines is 1. The summed E-state index contributed by atoms with van der Waals surface area (Å²) in [5.74, 6) is -4.62. The lowest BCUT2D eigenvalue weighted by Crippen LogP contribution is -2.42. The topological polar surface area (TPSA) is 55.1 Å². The number of hydrogen-bond donors (Lipinski definition) is 2. The lowest BCUT2D eigenvalue weighted by Gasteiger charge is -2.30. The predicted octanol–water partition coefficient (Wildman–Crippen LogP) is 3.59. The smallest absolute Gasteiger partial charge is 0.231 e. The van der Waals surface area contributed by atoms with Gasteiger partial charge in [-0.15, -0.1) is 0 Å². The molecular weight excluding hydrogens is 281 g/mol. The molecule has 1 amide bonds. The first-order chi connectivity index (χ1) is 9.90. The van der Waals surface area contributed by atoms with Gasteiger partial charge in [0, 0.05) is 24.4 Å². The van der Waals surface area contributed by atoms with Crippen molar-refractivity contribution in [2.45, 2.75) is 39.5 Å². The van der Waals surface area contributed by atoms with Gasteiger partial charge in [-0.25, -0.2) is 13.2 Å². The summed E-state index contributed by atoms with van der Waals surface area (Å²) in [7, 11) is 0. The molecule has 0 atom stereocenters. The van der Waals surface area contributed by atoms with Crippen LogP contribution < -0.4 is 11.1 Å². The fourth-order valence-corrected chi connectivity index (χ4v) is 2.50. The Labute approximate surface area is 122 Å². The summed E-state index contributed by atoms with van der Waals surface area (Å²) in [6.07, 6.45) is 2.68. The maximum atomic E-state index is 13.2. The number of nitrogens with one attached hydrogen (secondary N) is 1. The highest BCUT2D eigenvalue weighted by Gasteiger charge is 2.35. The Kier molecular flexibility index (Phi) is 6.20. The van der Waals surface area contributed by atoms with Crippen LogP contribution in [0.15, 0.2) is 12.1 Å². The van der Waals surface area contributed by atoms with E-state index in [0.29, 0.717) is 12.8 Å². The standard InChI is InChI=1S/C15H21F3N2O/c1-3-5-15(9-19,6-4-2)14(21)20-10-7-11(16)13(18)12(17)8-10/h7-8H,3-6,9,19H2,1-2H3,(H,20,21). The van der Waals surface area contributed by atoms with Crippen LogP contribution in [0.25, 0.3) is 0 Å². The molecule has 0 saturated carbocycles. The summed E-state index contributed by atoms with van der Waals surface area (Å²) in [5, 5.41) is 2.45. The highest BCUT2D eigenvalue weighted by molar-refractivity contribution is 5.95. The van der Waals surface area contributed by atoms with Crippen molar-refractivity contribution in [2.75, 3.05) is 11.9 Å². The zero-order valence-electron chi connectivity index (χ0n) is 12.3. The van der Waals surface area contributed by atoms with Crippen molar-refractivity contribution >= 4 is 11.6 Å². The van der Waals surface area contributed by atoms with E-state index in [0.717, 1.165) is 25.0 Å². The maximum absolute atomic E-state index is 13.2. The van der Waals surface area contributed by atoms with Gasteiger partial charge >= 0.3 is 0 Å². The zero-order valence-corrected chi connectivity index (χ0v) is 12.3. The molecular formula is C15H21F3N2O. The normalized spacial score (nSPS) is 11.5. The molecule has 1 rings (SSSR count). The predicted molar refractivity (Wildman–Crippen MR) is 76.2 cm³/mol. The number of nitrogens with two attached hydrogens (primary N) is 1. The molecule has 0 spiro atoms. The van der Waals surface area contributed by atoms with Crippen LogP contribution in [0.4, 0.5) is 18.9 Å². The highest BCUT2D eigenvalue weighted by Crippen LogP contribution is 2.31. The minimum atomic E-state index is -1.56. The Morgan fingerprint density at radius 2 is 1.62 bits per heavy atom. The van der Waals surface area contributed by atoms with Crippen molar-refractivity contribution in [2.24, 2.45) is 11.1 Å². The van der Waals surface area contributed by atoms with Crippen LogP contribution in [0.2, 0.25) is 0 Å². The Hall–Kier alpha value is -1.56. The molecule has 21 heavy (non-hydrogen) atoms. The first kappa shape index (κ1) is 17.5. The lowest BCUT2D eigenvalue weighted by atomic mass is 9.78. The second-order valence-electron chi connectivity index (χ2n) is 5.19. The summed E-state index contributed by atoms with van der Waals surface area (Å²) in [4.78, 5) is 12.4. The second kappa shape index (κ2) is 7.45. The van der Waals surface area contributed by atoms with Crippen LogP contribution in [0.5, 0.6) is 0 Å². The van der Waals surface area contributed by atoms with Crippen LogP contribution >= 0.6 is 0 Å². The van der Waals surface area contributed by atoms with Crippen molar-refractivity contribution in [3.05, 3.63) is 29.6 Å². The van der Waals surface area contributed by atoms with Gasteiger partial charge in [-0.2, -0.15) is 0 Å². The number of amides is 1. The van der Waals surface area contributed by atoms with Crippen LogP contribution in [0, 0.1) is 22.9 Å². The van der Waals surface area contributed by atoms with E-state index in [1.807, 2.05) is 13.8 Å². The molecule has 0 fully saturated rings. The maximum Gasteiger partial charge on any atom is 0.231 e. The molecule has 0 saturated heterocycles. The van der Waals surface area contributed by atoms with Crippen molar-refractivity contribution in [1.29, 1.82) is 0 Å². The zero-order chi connectivity index (χ0) is 16.0. The average molecular weight is 302 g/mol. The van der Waals surface area contributed by atoms with Crippen molar-refractivity contribution in [3.8, 4) is 0 Å². The first-order valence-electron chi connectivity index (χ1n) is 7.06. The molecule has 0 radical (unpaired) electrons. The molecule has 0 aliphatic carbocycles. The Bertz CT molecular complexity index is 477. The fourth-order valence-electron chi connectivity index (χ4n) is 2.50. The second-order valence-corrected chi connectivity index (χ2v) is 5.19. The minimum Gasteiger partial charge on any atom is -0.329 e. The van der Waals surface area contributed by atoms with E-state index >= 15 is 0 Å². The molecule has 3 nitrogen and oxygen atoms in total. The molecule has 118 valence electrons. The molecule has 0 heterocycles. The molecule has 0 aliphatic heterocycles. The number of rotatable bonds is 7. The van der Waals surface area contributed by atoms with E-state index in [9.17, 15) is 18.0 Å². The monoisotopic (exact) mass is 302 g/mol. The van der Waals surface area contributed by atoms with Crippen LogP contribution in [0.3, 0.4) is 0 Å². The molecule has 1 aromatic carbocycles.